The first kappa shape index (κ1) is 20.7. The molecule has 0 unspecified atom stereocenters. The summed E-state index contributed by atoms with van der Waals surface area (Å²) in [5.74, 6) is 0.709. The number of piperazine rings is 1. The van der Waals surface area contributed by atoms with Gasteiger partial charge in [0.05, 0.1) is 0 Å². The van der Waals surface area contributed by atoms with Crippen molar-refractivity contribution in [3.63, 3.8) is 0 Å². The summed E-state index contributed by atoms with van der Waals surface area (Å²) in [5.41, 5.74) is 1.01. The molecule has 6 nitrogen and oxygen atoms in total. The fourth-order valence-corrected chi connectivity index (χ4v) is 3.91. The third-order valence-corrected chi connectivity index (χ3v) is 5.70. The Labute approximate surface area is 169 Å². The Morgan fingerprint density at radius 1 is 1.21 bits per heavy atom. The Kier molecular flexibility index (Phi) is 7.73. The largest absolute Gasteiger partial charge is 0.355 e. The van der Waals surface area contributed by atoms with Crippen LogP contribution in [-0.2, 0) is 11.2 Å². The maximum Gasteiger partial charge on any atom is 0.220 e. The predicted octanol–water partition coefficient (Wildman–Crippen LogP) is 2.70. The lowest BCUT2D eigenvalue weighted by atomic mass is 10.1. The number of nitrogens with zero attached hydrogens (tertiary/aromatic N) is 4. The van der Waals surface area contributed by atoms with E-state index in [-0.39, 0.29) is 11.7 Å². The van der Waals surface area contributed by atoms with E-state index in [1.165, 1.54) is 23.7 Å². The average Bonchev–Trinajstić information content (AvgIpc) is 3.17. The second-order valence-electron chi connectivity index (χ2n) is 7.08. The first-order chi connectivity index (χ1) is 13.6. The highest BCUT2D eigenvalue weighted by Gasteiger charge is 2.20. The highest BCUT2D eigenvalue weighted by molar-refractivity contribution is 7.09. The van der Waals surface area contributed by atoms with Gasteiger partial charge in [0, 0.05) is 63.6 Å². The average molecular weight is 406 g/mol. The monoisotopic (exact) mass is 405 g/mol. The summed E-state index contributed by atoms with van der Waals surface area (Å²) in [6.45, 7) is 7.43. The lowest BCUT2D eigenvalue weighted by Crippen LogP contribution is -2.48. The number of hydrogen-bond acceptors (Lipinski definition) is 6. The number of halogens is 1. The summed E-state index contributed by atoms with van der Waals surface area (Å²) < 4.78 is 17.5. The third-order valence-electron chi connectivity index (χ3n) is 4.88. The Morgan fingerprint density at radius 2 is 1.96 bits per heavy atom. The molecule has 1 N–H and O–H groups in total. The summed E-state index contributed by atoms with van der Waals surface area (Å²) in [6.07, 6.45) is 3.25. The van der Waals surface area contributed by atoms with E-state index in [0.29, 0.717) is 19.4 Å². The highest BCUT2D eigenvalue weighted by Crippen LogP contribution is 2.20. The normalized spacial score (nSPS) is 15.0. The van der Waals surface area contributed by atoms with E-state index in [1.54, 1.807) is 12.1 Å². The van der Waals surface area contributed by atoms with Gasteiger partial charge in [-0.3, -0.25) is 9.69 Å². The van der Waals surface area contributed by atoms with Crippen LogP contribution < -0.4 is 10.2 Å². The standard InChI is InChI=1S/C20H28FN5OS/c1-2-3-4-19(27)22-9-10-25-11-13-26(14-12-25)20-23-18(24-28-20)15-16-5-7-17(21)8-6-16/h5-8H,2-4,9-15H2,1H3,(H,22,27). The summed E-state index contributed by atoms with van der Waals surface area (Å²) in [4.78, 5) is 21.0. The number of hydrogen-bond donors (Lipinski definition) is 1. The van der Waals surface area contributed by atoms with Gasteiger partial charge in [-0.15, -0.1) is 0 Å². The molecule has 1 aliphatic rings. The van der Waals surface area contributed by atoms with Crippen molar-refractivity contribution in [2.45, 2.75) is 32.6 Å². The van der Waals surface area contributed by atoms with Crippen molar-refractivity contribution in [1.29, 1.82) is 0 Å². The number of nitrogens with one attached hydrogen (secondary N) is 1. The summed E-state index contributed by atoms with van der Waals surface area (Å²) in [7, 11) is 0. The smallest absolute Gasteiger partial charge is 0.220 e. The van der Waals surface area contributed by atoms with Gasteiger partial charge in [-0.05, 0) is 24.1 Å². The van der Waals surface area contributed by atoms with Crippen molar-refractivity contribution in [3.05, 3.63) is 41.5 Å². The molecule has 1 aromatic carbocycles. The maximum atomic E-state index is 13.0. The topological polar surface area (TPSA) is 61.4 Å². The van der Waals surface area contributed by atoms with Crippen LogP contribution >= 0.6 is 11.5 Å². The van der Waals surface area contributed by atoms with E-state index < -0.39 is 0 Å². The minimum Gasteiger partial charge on any atom is -0.355 e. The van der Waals surface area contributed by atoms with Crippen LogP contribution in [0.4, 0.5) is 9.52 Å². The van der Waals surface area contributed by atoms with Gasteiger partial charge in [-0.2, -0.15) is 4.37 Å². The van der Waals surface area contributed by atoms with Crippen LogP contribution in [0, 0.1) is 5.82 Å². The summed E-state index contributed by atoms with van der Waals surface area (Å²) in [5, 5.41) is 3.95. The SMILES string of the molecule is CCCCC(=O)NCCN1CCN(c2nc(Cc3ccc(F)cc3)ns2)CC1. The zero-order valence-corrected chi connectivity index (χ0v) is 17.2. The lowest BCUT2D eigenvalue weighted by Gasteiger charge is -2.34. The van der Waals surface area contributed by atoms with Gasteiger partial charge in [0.15, 0.2) is 0 Å². The molecule has 2 heterocycles. The molecular formula is C20H28FN5OS. The second kappa shape index (κ2) is 10.5. The Balaban J connectivity index is 1.39. The first-order valence-corrected chi connectivity index (χ1v) is 10.7. The molecule has 1 fully saturated rings. The molecule has 8 heteroatoms. The van der Waals surface area contributed by atoms with Crippen molar-refractivity contribution in [2.75, 3.05) is 44.2 Å². The van der Waals surface area contributed by atoms with Crippen molar-refractivity contribution in [2.24, 2.45) is 0 Å². The fraction of sp³-hybridized carbons (Fsp3) is 0.550. The van der Waals surface area contributed by atoms with Crippen molar-refractivity contribution < 1.29 is 9.18 Å². The quantitative estimate of drug-likeness (QED) is 0.695. The van der Waals surface area contributed by atoms with Gasteiger partial charge < -0.3 is 10.2 Å². The van der Waals surface area contributed by atoms with E-state index in [2.05, 4.69) is 31.4 Å². The van der Waals surface area contributed by atoms with Gasteiger partial charge >= 0.3 is 0 Å². The number of rotatable bonds is 9. The number of aromatic nitrogens is 2. The molecule has 0 spiro atoms. The van der Waals surface area contributed by atoms with E-state index >= 15 is 0 Å². The zero-order valence-electron chi connectivity index (χ0n) is 16.4. The van der Waals surface area contributed by atoms with Crippen molar-refractivity contribution >= 4 is 22.6 Å². The third kappa shape index (κ3) is 6.24. The van der Waals surface area contributed by atoms with Crippen LogP contribution in [0.3, 0.4) is 0 Å². The first-order valence-electron chi connectivity index (χ1n) is 9.95. The van der Waals surface area contributed by atoms with E-state index in [9.17, 15) is 9.18 Å². The number of unbranched alkanes of at least 4 members (excludes halogenated alkanes) is 1. The van der Waals surface area contributed by atoms with Crippen LogP contribution in [0.25, 0.3) is 0 Å². The Bertz CT molecular complexity index is 743. The number of carbonyl (C=O) groups excluding carboxylic acids is 1. The number of amides is 1. The van der Waals surface area contributed by atoms with E-state index in [0.717, 1.165) is 62.1 Å². The number of benzene rings is 1. The highest BCUT2D eigenvalue weighted by atomic mass is 32.1. The van der Waals surface area contributed by atoms with Gasteiger partial charge in [0.2, 0.25) is 11.0 Å². The number of carbonyl (C=O) groups is 1. The zero-order chi connectivity index (χ0) is 19.8. The summed E-state index contributed by atoms with van der Waals surface area (Å²) >= 11 is 1.42. The lowest BCUT2D eigenvalue weighted by molar-refractivity contribution is -0.121. The van der Waals surface area contributed by atoms with E-state index in [1.807, 2.05) is 0 Å². The molecule has 1 amide bonds. The van der Waals surface area contributed by atoms with Crippen molar-refractivity contribution in [1.82, 2.24) is 19.6 Å². The van der Waals surface area contributed by atoms with Crippen LogP contribution in [0.2, 0.25) is 0 Å². The van der Waals surface area contributed by atoms with Gasteiger partial charge in [0.25, 0.3) is 0 Å². The van der Waals surface area contributed by atoms with Gasteiger partial charge in [-0.1, -0.05) is 25.5 Å². The molecule has 2 aromatic rings. The molecule has 0 atom stereocenters. The van der Waals surface area contributed by atoms with Gasteiger partial charge in [0.1, 0.15) is 11.6 Å². The minimum atomic E-state index is -0.228. The van der Waals surface area contributed by atoms with Crippen LogP contribution in [0.15, 0.2) is 24.3 Å². The second-order valence-corrected chi connectivity index (χ2v) is 7.81. The molecule has 0 radical (unpaired) electrons. The summed E-state index contributed by atoms with van der Waals surface area (Å²) in [6, 6.07) is 6.48. The Morgan fingerprint density at radius 3 is 2.68 bits per heavy atom. The molecule has 0 bridgehead atoms. The number of anilines is 1. The fourth-order valence-electron chi connectivity index (χ4n) is 3.17. The minimum absolute atomic E-state index is 0.156. The predicted molar refractivity (Wildman–Crippen MR) is 110 cm³/mol. The molecule has 152 valence electrons. The maximum absolute atomic E-state index is 13.0. The van der Waals surface area contributed by atoms with Gasteiger partial charge in [-0.25, -0.2) is 9.37 Å². The molecular weight excluding hydrogens is 377 g/mol. The molecule has 3 rings (SSSR count). The molecule has 1 saturated heterocycles. The van der Waals surface area contributed by atoms with Crippen LogP contribution in [0.5, 0.6) is 0 Å². The Hall–Kier alpha value is -2.06. The molecule has 28 heavy (non-hydrogen) atoms. The molecule has 0 saturated carbocycles. The molecule has 1 aliphatic heterocycles. The van der Waals surface area contributed by atoms with Crippen molar-refractivity contribution in [3.8, 4) is 0 Å². The van der Waals surface area contributed by atoms with Crippen LogP contribution in [-0.4, -0.2) is 59.4 Å². The molecule has 1 aromatic heterocycles. The van der Waals surface area contributed by atoms with Crippen LogP contribution in [0.1, 0.15) is 37.6 Å². The molecule has 0 aliphatic carbocycles. The van der Waals surface area contributed by atoms with E-state index in [4.69, 9.17) is 0 Å².